The summed E-state index contributed by atoms with van der Waals surface area (Å²) in [6, 6.07) is 10.8. The lowest BCUT2D eigenvalue weighted by molar-refractivity contribution is -0.126. The first-order chi connectivity index (χ1) is 12.1. The molecular formula is C19H24Cl2N4O2. The molecule has 1 aliphatic rings. The zero-order valence-corrected chi connectivity index (χ0v) is 16.6. The third kappa shape index (κ3) is 6.20. The maximum atomic E-state index is 12.1. The van der Waals surface area contributed by atoms with Crippen LogP contribution in [0.5, 0.6) is 0 Å². The summed E-state index contributed by atoms with van der Waals surface area (Å²) in [6.07, 6.45) is 3.17. The van der Waals surface area contributed by atoms with Crippen LogP contribution in [-0.4, -0.2) is 29.9 Å². The van der Waals surface area contributed by atoms with Crippen molar-refractivity contribution >= 4 is 42.3 Å². The molecule has 27 heavy (non-hydrogen) atoms. The SMILES string of the molecule is CC(C(=O)NCc1ccc(NC(=O)c2ccncc2)cc1)C1CNC1.Cl.Cl. The smallest absolute Gasteiger partial charge is 0.255 e. The van der Waals surface area contributed by atoms with Crippen molar-refractivity contribution in [3.63, 3.8) is 0 Å². The number of nitrogens with zero attached hydrogens (tertiary/aromatic N) is 1. The van der Waals surface area contributed by atoms with Gasteiger partial charge >= 0.3 is 0 Å². The van der Waals surface area contributed by atoms with Crippen molar-refractivity contribution in [2.45, 2.75) is 13.5 Å². The quantitative estimate of drug-likeness (QED) is 0.683. The van der Waals surface area contributed by atoms with Gasteiger partial charge in [0, 0.05) is 36.1 Å². The van der Waals surface area contributed by atoms with Crippen LogP contribution in [0.25, 0.3) is 0 Å². The first kappa shape index (κ1) is 22.9. The third-order valence-corrected chi connectivity index (χ3v) is 4.55. The Hall–Kier alpha value is -2.15. The Morgan fingerprint density at radius 2 is 1.74 bits per heavy atom. The van der Waals surface area contributed by atoms with Crippen molar-refractivity contribution in [1.82, 2.24) is 15.6 Å². The molecule has 1 aliphatic heterocycles. The number of halogens is 2. The minimum absolute atomic E-state index is 0. The number of benzene rings is 1. The molecule has 1 aromatic carbocycles. The van der Waals surface area contributed by atoms with Gasteiger partial charge in [0.15, 0.2) is 0 Å². The Morgan fingerprint density at radius 1 is 1.11 bits per heavy atom. The van der Waals surface area contributed by atoms with E-state index >= 15 is 0 Å². The lowest BCUT2D eigenvalue weighted by atomic mass is 9.88. The fourth-order valence-corrected chi connectivity index (χ4v) is 2.64. The standard InChI is InChI=1S/C19H22N4O2.2ClH/c1-13(16-11-21-12-16)18(24)22-10-14-2-4-17(5-3-14)23-19(25)15-6-8-20-9-7-15;;/h2-9,13,16,21H,10-12H2,1H3,(H,22,24)(H,23,25);2*1H. The number of anilines is 1. The van der Waals surface area contributed by atoms with Crippen LogP contribution in [0.2, 0.25) is 0 Å². The average Bonchev–Trinajstić information content (AvgIpc) is 2.60. The van der Waals surface area contributed by atoms with E-state index in [1.165, 1.54) is 0 Å². The average molecular weight is 411 g/mol. The second-order valence-corrected chi connectivity index (χ2v) is 6.31. The molecule has 3 rings (SSSR count). The van der Waals surface area contributed by atoms with Crippen LogP contribution in [0.3, 0.4) is 0 Å². The zero-order valence-electron chi connectivity index (χ0n) is 15.0. The number of nitrogens with one attached hydrogen (secondary N) is 3. The molecule has 3 N–H and O–H groups in total. The monoisotopic (exact) mass is 410 g/mol. The fourth-order valence-electron chi connectivity index (χ4n) is 2.64. The number of carbonyl (C=O) groups is 2. The molecule has 1 saturated heterocycles. The molecular weight excluding hydrogens is 387 g/mol. The van der Waals surface area contributed by atoms with Gasteiger partial charge < -0.3 is 16.0 Å². The second kappa shape index (κ2) is 10.9. The Bertz CT molecular complexity index is 737. The van der Waals surface area contributed by atoms with Crippen LogP contribution >= 0.6 is 24.8 Å². The molecule has 8 heteroatoms. The predicted molar refractivity (Wildman–Crippen MR) is 110 cm³/mol. The van der Waals surface area contributed by atoms with Crippen LogP contribution < -0.4 is 16.0 Å². The fraction of sp³-hybridized carbons (Fsp3) is 0.316. The molecule has 2 heterocycles. The van der Waals surface area contributed by atoms with Crippen LogP contribution in [0.15, 0.2) is 48.8 Å². The van der Waals surface area contributed by atoms with E-state index in [0.717, 1.165) is 18.7 Å². The van der Waals surface area contributed by atoms with Crippen LogP contribution in [-0.2, 0) is 11.3 Å². The molecule has 2 aromatic rings. The summed E-state index contributed by atoms with van der Waals surface area (Å²) in [5.41, 5.74) is 2.27. The lowest BCUT2D eigenvalue weighted by Crippen LogP contribution is -2.49. The normalized spacial score (nSPS) is 14.0. The Morgan fingerprint density at radius 3 is 2.30 bits per heavy atom. The summed E-state index contributed by atoms with van der Waals surface area (Å²) in [4.78, 5) is 28.1. The lowest BCUT2D eigenvalue weighted by Gasteiger charge is -2.31. The highest BCUT2D eigenvalue weighted by atomic mass is 35.5. The van der Waals surface area contributed by atoms with Gasteiger partial charge in [-0.1, -0.05) is 19.1 Å². The third-order valence-electron chi connectivity index (χ3n) is 4.55. The minimum atomic E-state index is -0.175. The molecule has 0 spiro atoms. The number of carbonyl (C=O) groups excluding carboxylic acids is 2. The highest BCUT2D eigenvalue weighted by Crippen LogP contribution is 2.16. The predicted octanol–water partition coefficient (Wildman–Crippen LogP) is 2.65. The van der Waals surface area contributed by atoms with Crippen molar-refractivity contribution in [2.75, 3.05) is 18.4 Å². The molecule has 0 saturated carbocycles. The number of rotatable bonds is 6. The van der Waals surface area contributed by atoms with Crippen molar-refractivity contribution in [3.05, 3.63) is 59.9 Å². The first-order valence-corrected chi connectivity index (χ1v) is 8.42. The van der Waals surface area contributed by atoms with E-state index in [1.807, 2.05) is 31.2 Å². The molecule has 0 aliphatic carbocycles. The van der Waals surface area contributed by atoms with Crippen molar-refractivity contribution < 1.29 is 9.59 Å². The molecule has 0 radical (unpaired) electrons. The van der Waals surface area contributed by atoms with Crippen LogP contribution in [0.1, 0.15) is 22.8 Å². The number of pyridine rings is 1. The van der Waals surface area contributed by atoms with Gasteiger partial charge in [-0.2, -0.15) is 0 Å². The van der Waals surface area contributed by atoms with Gasteiger partial charge in [-0.15, -0.1) is 24.8 Å². The highest BCUT2D eigenvalue weighted by molar-refractivity contribution is 6.04. The molecule has 1 unspecified atom stereocenters. The molecule has 6 nitrogen and oxygen atoms in total. The minimum Gasteiger partial charge on any atom is -0.352 e. The van der Waals surface area contributed by atoms with Crippen molar-refractivity contribution in [1.29, 1.82) is 0 Å². The van der Waals surface area contributed by atoms with E-state index in [-0.39, 0.29) is 42.5 Å². The second-order valence-electron chi connectivity index (χ2n) is 6.31. The van der Waals surface area contributed by atoms with Crippen LogP contribution in [0, 0.1) is 11.8 Å². The van der Waals surface area contributed by atoms with Gasteiger partial charge in [0.25, 0.3) is 5.91 Å². The first-order valence-electron chi connectivity index (χ1n) is 8.42. The summed E-state index contributed by atoms with van der Waals surface area (Å²) >= 11 is 0. The van der Waals surface area contributed by atoms with Crippen LogP contribution in [0.4, 0.5) is 5.69 Å². The number of hydrogen-bond acceptors (Lipinski definition) is 4. The Labute approximate surface area is 171 Å². The Kier molecular flexibility index (Phi) is 9.21. The summed E-state index contributed by atoms with van der Waals surface area (Å²) in [7, 11) is 0. The van der Waals surface area contributed by atoms with Crippen molar-refractivity contribution in [3.8, 4) is 0 Å². The summed E-state index contributed by atoms with van der Waals surface area (Å²) in [5.74, 6) is 0.374. The van der Waals surface area contributed by atoms with Crippen molar-refractivity contribution in [2.24, 2.45) is 11.8 Å². The molecule has 0 bridgehead atoms. The Balaban J connectivity index is 0.00000182. The largest absolute Gasteiger partial charge is 0.352 e. The molecule has 1 fully saturated rings. The number of amides is 2. The van der Waals surface area contributed by atoms with Gasteiger partial charge in [0.05, 0.1) is 0 Å². The van der Waals surface area contributed by atoms with Gasteiger partial charge in [0.2, 0.25) is 5.91 Å². The highest BCUT2D eigenvalue weighted by Gasteiger charge is 2.28. The van der Waals surface area contributed by atoms with E-state index in [4.69, 9.17) is 0 Å². The van der Waals surface area contributed by atoms with E-state index < -0.39 is 0 Å². The summed E-state index contributed by atoms with van der Waals surface area (Å²) < 4.78 is 0. The van der Waals surface area contributed by atoms with E-state index in [0.29, 0.717) is 23.7 Å². The summed E-state index contributed by atoms with van der Waals surface area (Å²) in [5, 5.41) is 9.00. The zero-order chi connectivity index (χ0) is 17.6. The topological polar surface area (TPSA) is 83.1 Å². The maximum Gasteiger partial charge on any atom is 0.255 e. The van der Waals surface area contributed by atoms with E-state index in [9.17, 15) is 9.59 Å². The number of hydrogen-bond donors (Lipinski definition) is 3. The molecule has 146 valence electrons. The van der Waals surface area contributed by atoms with Gasteiger partial charge in [0.1, 0.15) is 0 Å². The molecule has 2 amide bonds. The maximum absolute atomic E-state index is 12.1. The summed E-state index contributed by atoms with van der Waals surface area (Å²) in [6.45, 7) is 4.29. The number of aromatic nitrogens is 1. The van der Waals surface area contributed by atoms with Gasteiger partial charge in [-0.25, -0.2) is 0 Å². The van der Waals surface area contributed by atoms with E-state index in [1.54, 1.807) is 24.5 Å². The van der Waals surface area contributed by atoms with E-state index in [2.05, 4.69) is 20.9 Å². The van der Waals surface area contributed by atoms with Gasteiger partial charge in [-0.05, 0) is 48.8 Å². The molecule has 1 atom stereocenters. The van der Waals surface area contributed by atoms with Gasteiger partial charge in [-0.3, -0.25) is 14.6 Å². The molecule has 1 aromatic heterocycles.